The van der Waals surface area contributed by atoms with Crippen molar-refractivity contribution in [3.8, 4) is 0 Å². The second-order valence-electron chi connectivity index (χ2n) is 6.70. The third-order valence-corrected chi connectivity index (χ3v) is 6.01. The van der Waals surface area contributed by atoms with E-state index in [0.717, 1.165) is 62.0 Å². The van der Waals surface area contributed by atoms with Gasteiger partial charge in [-0.1, -0.05) is 32.0 Å². The van der Waals surface area contributed by atoms with Gasteiger partial charge in [-0.3, -0.25) is 9.69 Å². The van der Waals surface area contributed by atoms with Crippen LogP contribution in [0.4, 0.5) is 0 Å². The Morgan fingerprint density at radius 1 is 1.25 bits per heavy atom. The molecule has 0 aliphatic carbocycles. The lowest BCUT2D eigenvalue weighted by Crippen LogP contribution is -2.47. The van der Waals surface area contributed by atoms with E-state index in [1.54, 1.807) is 0 Å². The molecule has 0 bridgehead atoms. The number of carbonyl (C=O) groups is 1. The molecule has 2 aliphatic rings. The van der Waals surface area contributed by atoms with E-state index in [2.05, 4.69) is 29.7 Å². The number of ether oxygens (including phenoxy) is 1. The highest BCUT2D eigenvalue weighted by Gasteiger charge is 2.37. The zero-order chi connectivity index (χ0) is 16.9. The fraction of sp³-hybridized carbons (Fsp3) is 0.632. The van der Waals surface area contributed by atoms with E-state index >= 15 is 0 Å². The highest BCUT2D eigenvalue weighted by atomic mass is 32.2. The molecule has 2 atom stereocenters. The highest BCUT2D eigenvalue weighted by molar-refractivity contribution is 7.98. The molecule has 1 amide bonds. The number of carbonyl (C=O) groups excluding carboxylic acids is 1. The lowest BCUT2D eigenvalue weighted by molar-refractivity contribution is 0.0119. The Hall–Kier alpha value is -1.04. The minimum atomic E-state index is 0.199. The standard InChI is InChI=1S/C19H28N2O2S/c1-3-24-14-16-6-4-5-7-17(16)19(22)21-12-15(2)18(13-21)20-8-10-23-11-9-20/h4-7,15,18H,3,8-14H2,1-2H3/t15-,18-/m1/s1. The number of rotatable bonds is 5. The number of benzene rings is 1. The molecule has 2 saturated heterocycles. The molecule has 1 aromatic rings. The van der Waals surface area contributed by atoms with E-state index in [1.807, 2.05) is 30.0 Å². The minimum absolute atomic E-state index is 0.199. The van der Waals surface area contributed by atoms with Gasteiger partial charge in [-0.25, -0.2) is 0 Å². The van der Waals surface area contributed by atoms with Gasteiger partial charge < -0.3 is 9.64 Å². The van der Waals surface area contributed by atoms with E-state index in [9.17, 15) is 4.79 Å². The van der Waals surface area contributed by atoms with E-state index in [1.165, 1.54) is 0 Å². The first-order valence-electron chi connectivity index (χ1n) is 8.97. The van der Waals surface area contributed by atoms with E-state index in [0.29, 0.717) is 12.0 Å². The summed E-state index contributed by atoms with van der Waals surface area (Å²) >= 11 is 1.87. The van der Waals surface area contributed by atoms with Gasteiger partial charge in [0.1, 0.15) is 0 Å². The van der Waals surface area contributed by atoms with Gasteiger partial charge in [-0.05, 0) is 23.3 Å². The molecule has 132 valence electrons. The zero-order valence-corrected chi connectivity index (χ0v) is 15.6. The molecule has 0 N–H and O–H groups in total. The molecule has 0 saturated carbocycles. The van der Waals surface area contributed by atoms with Crippen molar-refractivity contribution in [2.75, 3.05) is 45.1 Å². The Bertz CT molecular complexity index is 560. The summed E-state index contributed by atoms with van der Waals surface area (Å²) in [6.07, 6.45) is 0. The quantitative estimate of drug-likeness (QED) is 0.819. The second-order valence-corrected chi connectivity index (χ2v) is 7.97. The highest BCUT2D eigenvalue weighted by Crippen LogP contribution is 2.26. The summed E-state index contributed by atoms with van der Waals surface area (Å²) in [6, 6.07) is 8.56. The van der Waals surface area contributed by atoms with Gasteiger partial charge in [-0.2, -0.15) is 11.8 Å². The van der Waals surface area contributed by atoms with Crippen LogP contribution in [0.15, 0.2) is 24.3 Å². The van der Waals surface area contributed by atoms with E-state index < -0.39 is 0 Å². The lowest BCUT2D eigenvalue weighted by atomic mass is 10.0. The second kappa shape index (κ2) is 8.37. The van der Waals surface area contributed by atoms with Crippen molar-refractivity contribution < 1.29 is 9.53 Å². The molecule has 2 heterocycles. The minimum Gasteiger partial charge on any atom is -0.379 e. The first kappa shape index (κ1) is 17.8. The molecule has 0 unspecified atom stereocenters. The van der Waals surface area contributed by atoms with Gasteiger partial charge in [0, 0.05) is 43.5 Å². The normalized spacial score (nSPS) is 25.2. The van der Waals surface area contributed by atoms with Gasteiger partial charge in [0.05, 0.1) is 13.2 Å². The number of nitrogens with zero attached hydrogens (tertiary/aromatic N) is 2. The first-order valence-corrected chi connectivity index (χ1v) is 10.1. The number of thioether (sulfide) groups is 1. The van der Waals surface area contributed by atoms with Crippen LogP contribution >= 0.6 is 11.8 Å². The molecular formula is C19H28N2O2S. The molecular weight excluding hydrogens is 320 g/mol. The van der Waals surface area contributed by atoms with Crippen LogP contribution in [-0.2, 0) is 10.5 Å². The summed E-state index contributed by atoms with van der Waals surface area (Å²) in [5.41, 5.74) is 2.05. The van der Waals surface area contributed by atoms with Crippen LogP contribution in [0.2, 0.25) is 0 Å². The summed E-state index contributed by atoms with van der Waals surface area (Å²) in [7, 11) is 0. The molecule has 5 heteroatoms. The molecule has 2 aliphatic heterocycles. The number of hydrogen-bond donors (Lipinski definition) is 0. The average Bonchev–Trinajstić information content (AvgIpc) is 3.02. The zero-order valence-electron chi connectivity index (χ0n) is 14.7. The Morgan fingerprint density at radius 2 is 2.00 bits per heavy atom. The maximum atomic E-state index is 13.1. The van der Waals surface area contributed by atoms with Gasteiger partial charge in [0.25, 0.3) is 5.91 Å². The Labute approximate surface area is 149 Å². The van der Waals surface area contributed by atoms with Crippen molar-refractivity contribution >= 4 is 17.7 Å². The van der Waals surface area contributed by atoms with Gasteiger partial charge >= 0.3 is 0 Å². The first-order chi connectivity index (χ1) is 11.7. The summed E-state index contributed by atoms with van der Waals surface area (Å²) in [5, 5.41) is 0. The van der Waals surface area contributed by atoms with Crippen LogP contribution in [0.5, 0.6) is 0 Å². The van der Waals surface area contributed by atoms with Crippen LogP contribution in [0, 0.1) is 5.92 Å². The fourth-order valence-corrected chi connectivity index (χ4v) is 4.41. The lowest BCUT2D eigenvalue weighted by Gasteiger charge is -2.34. The molecule has 4 nitrogen and oxygen atoms in total. The number of morpholine rings is 1. The smallest absolute Gasteiger partial charge is 0.254 e. The van der Waals surface area contributed by atoms with Crippen LogP contribution in [0.1, 0.15) is 29.8 Å². The number of likely N-dealkylation sites (tertiary alicyclic amines) is 1. The Kier molecular flexibility index (Phi) is 6.19. The molecule has 0 radical (unpaired) electrons. The average molecular weight is 349 g/mol. The maximum Gasteiger partial charge on any atom is 0.254 e. The Balaban J connectivity index is 1.69. The predicted octanol–water partition coefficient (Wildman–Crippen LogP) is 2.73. The van der Waals surface area contributed by atoms with Crippen molar-refractivity contribution in [2.45, 2.75) is 25.6 Å². The van der Waals surface area contributed by atoms with Crippen molar-refractivity contribution in [1.29, 1.82) is 0 Å². The molecule has 2 fully saturated rings. The number of amides is 1. The SMILES string of the molecule is CCSCc1ccccc1C(=O)N1C[C@@H](C)[C@H](N2CCOCC2)C1. The molecule has 0 aromatic heterocycles. The van der Waals surface area contributed by atoms with Crippen LogP contribution in [0.25, 0.3) is 0 Å². The third kappa shape index (κ3) is 3.95. The van der Waals surface area contributed by atoms with Crippen LogP contribution < -0.4 is 0 Å². The van der Waals surface area contributed by atoms with Gasteiger partial charge in [0.2, 0.25) is 0 Å². The number of hydrogen-bond acceptors (Lipinski definition) is 4. The summed E-state index contributed by atoms with van der Waals surface area (Å²) in [5.74, 6) is 2.70. The van der Waals surface area contributed by atoms with Gasteiger partial charge in [-0.15, -0.1) is 0 Å². The predicted molar refractivity (Wildman–Crippen MR) is 99.5 cm³/mol. The molecule has 1 aromatic carbocycles. The topological polar surface area (TPSA) is 32.8 Å². The largest absolute Gasteiger partial charge is 0.379 e. The maximum absolute atomic E-state index is 13.1. The van der Waals surface area contributed by atoms with Crippen molar-refractivity contribution in [1.82, 2.24) is 9.80 Å². The molecule has 24 heavy (non-hydrogen) atoms. The van der Waals surface area contributed by atoms with Crippen LogP contribution in [-0.4, -0.2) is 66.9 Å². The summed E-state index contributed by atoms with van der Waals surface area (Å²) in [6.45, 7) is 9.73. The van der Waals surface area contributed by atoms with Crippen molar-refractivity contribution in [3.63, 3.8) is 0 Å². The molecule has 3 rings (SSSR count). The van der Waals surface area contributed by atoms with Crippen molar-refractivity contribution in [3.05, 3.63) is 35.4 Å². The van der Waals surface area contributed by atoms with Crippen molar-refractivity contribution in [2.24, 2.45) is 5.92 Å². The van der Waals surface area contributed by atoms with E-state index in [4.69, 9.17) is 4.74 Å². The van der Waals surface area contributed by atoms with Gasteiger partial charge in [0.15, 0.2) is 0 Å². The Morgan fingerprint density at radius 3 is 2.75 bits per heavy atom. The van der Waals surface area contributed by atoms with Crippen LogP contribution in [0.3, 0.4) is 0 Å². The summed E-state index contributed by atoms with van der Waals surface area (Å²) in [4.78, 5) is 17.6. The molecule has 0 spiro atoms. The van der Waals surface area contributed by atoms with E-state index in [-0.39, 0.29) is 5.91 Å². The third-order valence-electron chi connectivity index (χ3n) is 5.08. The summed E-state index contributed by atoms with van der Waals surface area (Å²) < 4.78 is 5.47. The fourth-order valence-electron chi connectivity index (χ4n) is 3.74. The monoisotopic (exact) mass is 348 g/mol.